The Balaban J connectivity index is 2.15. The zero-order valence-electron chi connectivity index (χ0n) is 18.8. The summed E-state index contributed by atoms with van der Waals surface area (Å²) in [5, 5.41) is 6.08. The molecule has 2 N–H and O–H groups in total. The lowest BCUT2D eigenvalue weighted by Crippen LogP contribution is -2.45. The van der Waals surface area contributed by atoms with E-state index in [0.29, 0.717) is 34.9 Å². The first-order chi connectivity index (χ1) is 15.7. The number of benzene rings is 2. The van der Waals surface area contributed by atoms with Crippen molar-refractivity contribution in [1.82, 2.24) is 10.6 Å². The first-order valence-corrected chi connectivity index (χ1v) is 11.3. The van der Waals surface area contributed by atoms with Gasteiger partial charge in [-0.3, -0.25) is 0 Å². The zero-order valence-corrected chi connectivity index (χ0v) is 20.3. The molecule has 0 spiro atoms. The third-order valence-electron chi connectivity index (χ3n) is 4.82. The van der Waals surface area contributed by atoms with Gasteiger partial charge in [0.05, 0.1) is 47.2 Å². The first kappa shape index (κ1) is 24.7. The average molecular weight is 493 g/mol. The molecule has 1 heterocycles. The van der Waals surface area contributed by atoms with E-state index < -0.39 is 18.0 Å². The molecule has 2 amide bonds. The molecule has 0 aromatic heterocycles. The fourth-order valence-electron chi connectivity index (χ4n) is 3.39. The minimum absolute atomic E-state index is 0.225. The topological polar surface area (TPSA) is 85.9 Å². The lowest BCUT2D eigenvalue weighted by atomic mass is 9.92. The maximum atomic E-state index is 13.2. The summed E-state index contributed by atoms with van der Waals surface area (Å²) < 4.78 is 16.4. The van der Waals surface area contributed by atoms with Gasteiger partial charge in [0, 0.05) is 0 Å². The van der Waals surface area contributed by atoms with E-state index in [0.717, 1.165) is 6.42 Å². The van der Waals surface area contributed by atoms with Gasteiger partial charge >= 0.3 is 12.0 Å². The van der Waals surface area contributed by atoms with Crippen LogP contribution in [0.1, 0.15) is 44.4 Å². The number of methoxy groups -OCH3 is 1. The monoisotopic (exact) mass is 492 g/mol. The predicted octanol–water partition coefficient (Wildman–Crippen LogP) is 5.51. The molecule has 3 rings (SSSR count). The number of carbonyl (C=O) groups is 2. The number of hydrogen-bond acceptors (Lipinski definition) is 5. The zero-order chi connectivity index (χ0) is 24.1. The van der Waals surface area contributed by atoms with Crippen LogP contribution in [0.3, 0.4) is 0 Å². The maximum absolute atomic E-state index is 13.2. The SMILES string of the molecule is CCCOc1c(Cl)cc(C2NC(=O)NC(c3ccc(OC)cc3)=C2C(=O)OC(C)C)cc1Cl. The van der Waals surface area contributed by atoms with Gasteiger partial charge in [-0.15, -0.1) is 0 Å². The molecule has 0 saturated heterocycles. The van der Waals surface area contributed by atoms with Crippen LogP contribution >= 0.6 is 23.2 Å². The lowest BCUT2D eigenvalue weighted by molar-refractivity contribution is -0.143. The third-order valence-corrected chi connectivity index (χ3v) is 5.38. The molecule has 2 aromatic carbocycles. The Morgan fingerprint density at radius 3 is 2.30 bits per heavy atom. The molecule has 1 aliphatic rings. The number of esters is 1. The number of rotatable bonds is 8. The molecule has 0 saturated carbocycles. The van der Waals surface area contributed by atoms with Crippen LogP contribution in [0.2, 0.25) is 10.0 Å². The highest BCUT2D eigenvalue weighted by Crippen LogP contribution is 2.39. The van der Waals surface area contributed by atoms with Crippen LogP contribution in [-0.2, 0) is 9.53 Å². The van der Waals surface area contributed by atoms with Crippen molar-refractivity contribution in [2.24, 2.45) is 0 Å². The van der Waals surface area contributed by atoms with Crippen LogP contribution in [0.5, 0.6) is 11.5 Å². The summed E-state index contributed by atoms with van der Waals surface area (Å²) in [6, 6.07) is 8.91. The minimum atomic E-state index is -0.850. The van der Waals surface area contributed by atoms with E-state index in [1.165, 1.54) is 0 Å². The fourth-order valence-corrected chi connectivity index (χ4v) is 4.00. The van der Waals surface area contributed by atoms with E-state index in [-0.39, 0.29) is 21.7 Å². The van der Waals surface area contributed by atoms with Crippen molar-refractivity contribution in [3.8, 4) is 11.5 Å². The van der Waals surface area contributed by atoms with Gasteiger partial charge in [0.1, 0.15) is 5.75 Å². The van der Waals surface area contributed by atoms with Gasteiger partial charge in [-0.05, 0) is 67.8 Å². The second-order valence-corrected chi connectivity index (χ2v) is 8.48. The molecule has 1 unspecified atom stereocenters. The number of hydrogen-bond donors (Lipinski definition) is 2. The van der Waals surface area contributed by atoms with Gasteiger partial charge in [0.15, 0.2) is 5.75 Å². The van der Waals surface area contributed by atoms with E-state index in [2.05, 4.69) is 10.6 Å². The minimum Gasteiger partial charge on any atom is -0.497 e. The summed E-state index contributed by atoms with van der Waals surface area (Å²) >= 11 is 12.9. The second-order valence-electron chi connectivity index (χ2n) is 7.66. The summed E-state index contributed by atoms with van der Waals surface area (Å²) in [7, 11) is 1.56. The quantitative estimate of drug-likeness (QED) is 0.474. The highest BCUT2D eigenvalue weighted by atomic mass is 35.5. The first-order valence-electron chi connectivity index (χ1n) is 10.5. The van der Waals surface area contributed by atoms with E-state index in [1.54, 1.807) is 57.4 Å². The molecular weight excluding hydrogens is 467 g/mol. The van der Waals surface area contributed by atoms with Crippen LogP contribution in [-0.4, -0.2) is 31.8 Å². The highest BCUT2D eigenvalue weighted by Gasteiger charge is 2.35. The molecule has 176 valence electrons. The Morgan fingerprint density at radius 1 is 1.12 bits per heavy atom. The smallest absolute Gasteiger partial charge is 0.338 e. The van der Waals surface area contributed by atoms with Crippen LogP contribution in [0.25, 0.3) is 5.70 Å². The van der Waals surface area contributed by atoms with E-state index in [4.69, 9.17) is 37.4 Å². The number of amides is 2. The molecule has 0 bridgehead atoms. The van der Waals surface area contributed by atoms with E-state index in [9.17, 15) is 9.59 Å². The summed E-state index contributed by atoms with van der Waals surface area (Å²) in [4.78, 5) is 25.8. The summed E-state index contributed by atoms with van der Waals surface area (Å²) in [5.74, 6) is 0.422. The molecule has 0 aliphatic carbocycles. The largest absolute Gasteiger partial charge is 0.497 e. The van der Waals surface area contributed by atoms with Crippen molar-refractivity contribution in [1.29, 1.82) is 0 Å². The predicted molar refractivity (Wildman–Crippen MR) is 128 cm³/mol. The number of halogens is 2. The molecule has 9 heteroatoms. The van der Waals surface area contributed by atoms with Crippen molar-refractivity contribution in [3.63, 3.8) is 0 Å². The number of nitrogens with one attached hydrogen (secondary N) is 2. The van der Waals surface area contributed by atoms with Crippen molar-refractivity contribution in [2.75, 3.05) is 13.7 Å². The number of ether oxygens (including phenoxy) is 3. The van der Waals surface area contributed by atoms with Gasteiger partial charge in [0.2, 0.25) is 0 Å². The Labute approximate surface area is 203 Å². The average Bonchev–Trinajstić information content (AvgIpc) is 2.77. The number of urea groups is 1. The number of carbonyl (C=O) groups excluding carboxylic acids is 2. The molecule has 1 atom stereocenters. The molecule has 0 radical (unpaired) electrons. The molecule has 2 aromatic rings. The second kappa shape index (κ2) is 10.8. The molecule has 33 heavy (non-hydrogen) atoms. The van der Waals surface area contributed by atoms with E-state index in [1.807, 2.05) is 6.92 Å². The highest BCUT2D eigenvalue weighted by molar-refractivity contribution is 6.37. The summed E-state index contributed by atoms with van der Waals surface area (Å²) in [6.07, 6.45) is 0.426. The molecule has 0 fully saturated rings. The standard InChI is InChI=1S/C24H26Cl2N2O5/c1-5-10-32-22-17(25)11-15(12-18(22)26)21-19(23(29)33-13(2)3)20(27-24(30)28-21)14-6-8-16(31-4)9-7-14/h6-9,11-13,21H,5,10H2,1-4H3,(H2,27,28,30). The molecule has 1 aliphatic heterocycles. The van der Waals surface area contributed by atoms with Gasteiger partial charge in [-0.2, -0.15) is 0 Å². The third kappa shape index (κ3) is 5.72. The van der Waals surface area contributed by atoms with Gasteiger partial charge < -0.3 is 24.8 Å². The Kier molecular flexibility index (Phi) is 8.10. The van der Waals surface area contributed by atoms with Crippen molar-refractivity contribution < 1.29 is 23.8 Å². The van der Waals surface area contributed by atoms with Crippen molar-refractivity contribution >= 4 is 40.9 Å². The van der Waals surface area contributed by atoms with Crippen LogP contribution in [0.15, 0.2) is 42.0 Å². The molecule has 7 nitrogen and oxygen atoms in total. The molecular formula is C24H26Cl2N2O5. The fraction of sp³-hybridized carbons (Fsp3) is 0.333. The van der Waals surface area contributed by atoms with Crippen molar-refractivity contribution in [2.45, 2.75) is 39.3 Å². The van der Waals surface area contributed by atoms with Gasteiger partial charge in [0.25, 0.3) is 0 Å². The Bertz CT molecular complexity index is 1040. The van der Waals surface area contributed by atoms with Crippen LogP contribution < -0.4 is 20.1 Å². The summed E-state index contributed by atoms with van der Waals surface area (Å²) in [5.41, 5.74) is 1.69. The summed E-state index contributed by atoms with van der Waals surface area (Å²) in [6.45, 7) is 5.93. The van der Waals surface area contributed by atoms with Crippen molar-refractivity contribution in [3.05, 3.63) is 63.1 Å². The normalized spacial score (nSPS) is 15.7. The lowest BCUT2D eigenvalue weighted by Gasteiger charge is -2.30. The van der Waals surface area contributed by atoms with Gasteiger partial charge in [-0.1, -0.05) is 30.1 Å². The maximum Gasteiger partial charge on any atom is 0.338 e. The van der Waals surface area contributed by atoms with Crippen LogP contribution in [0, 0.1) is 0 Å². The van der Waals surface area contributed by atoms with Gasteiger partial charge in [-0.25, -0.2) is 9.59 Å². The van der Waals surface area contributed by atoms with Crippen LogP contribution in [0.4, 0.5) is 4.79 Å². The Morgan fingerprint density at radius 2 is 1.76 bits per heavy atom. The van der Waals surface area contributed by atoms with E-state index >= 15 is 0 Å². The Hall–Kier alpha value is -2.90.